The molecule has 3 N–H and O–H groups in total. The molecular formula is C37H35NO7S. The van der Waals surface area contributed by atoms with Crippen molar-refractivity contribution in [1.82, 2.24) is 5.32 Å². The van der Waals surface area contributed by atoms with Gasteiger partial charge in [0.05, 0.1) is 23.0 Å². The highest BCUT2D eigenvalue weighted by Crippen LogP contribution is 2.38. The lowest BCUT2D eigenvalue weighted by molar-refractivity contribution is -0.144. The van der Waals surface area contributed by atoms with Crippen LogP contribution in [0.25, 0.3) is 10.8 Å². The Bertz CT molecular complexity index is 1780. The van der Waals surface area contributed by atoms with Crippen molar-refractivity contribution in [2.24, 2.45) is 5.92 Å². The van der Waals surface area contributed by atoms with E-state index in [0.29, 0.717) is 0 Å². The number of carboxylic acids is 2. The number of nitrogens with one attached hydrogen (secondary N) is 1. The second-order valence-electron chi connectivity index (χ2n) is 11.1. The van der Waals surface area contributed by atoms with Gasteiger partial charge in [-0.1, -0.05) is 121 Å². The maximum atomic E-state index is 12.9. The molecule has 236 valence electrons. The van der Waals surface area contributed by atoms with Crippen LogP contribution in [0.15, 0.2) is 138 Å². The number of hydrogen-bond donors (Lipinski definition) is 3. The van der Waals surface area contributed by atoms with Crippen molar-refractivity contribution < 1.29 is 32.4 Å². The van der Waals surface area contributed by atoms with E-state index in [1.54, 1.807) is 12.1 Å². The first-order chi connectivity index (χ1) is 22.2. The molecule has 0 saturated carbocycles. The Kier molecular flexibility index (Phi) is 10.3. The van der Waals surface area contributed by atoms with Crippen LogP contribution in [0.4, 0.5) is 0 Å². The van der Waals surface area contributed by atoms with Gasteiger partial charge in [-0.3, -0.25) is 19.1 Å². The Morgan fingerprint density at radius 1 is 0.674 bits per heavy atom. The molecule has 0 radical (unpaired) electrons. The van der Waals surface area contributed by atoms with Crippen molar-refractivity contribution >= 4 is 32.8 Å². The molecule has 5 aromatic carbocycles. The molecule has 0 aliphatic carbocycles. The van der Waals surface area contributed by atoms with Crippen molar-refractivity contribution in [3.63, 3.8) is 0 Å². The number of fused-ring (bicyclic) bond motifs is 1. The molecule has 0 aliphatic heterocycles. The maximum absolute atomic E-state index is 12.9. The molecule has 5 rings (SSSR count). The molecule has 46 heavy (non-hydrogen) atoms. The Labute approximate surface area is 268 Å². The highest BCUT2D eigenvalue weighted by molar-refractivity contribution is 7.86. The van der Waals surface area contributed by atoms with Crippen LogP contribution in [0.1, 0.15) is 36.0 Å². The van der Waals surface area contributed by atoms with Gasteiger partial charge in [-0.2, -0.15) is 8.42 Å². The number of benzene rings is 5. The minimum atomic E-state index is -4.08. The standard InChI is InChI=1S/C37H35NO7S/c39-35(40)29(15-12-24-45-46(43,44)33-23-22-27-13-10-11-14-28(27)25-33)26-34(36(41)42)38-37(30-16-4-1-5-17-30,31-18-6-2-7-19-31)32-20-8-3-9-21-32/h1-11,13-14,16-23,25,29,34,38H,12,15,24,26H2,(H,39,40)(H,41,42)/t29?,34-/m0/s1. The largest absolute Gasteiger partial charge is 0.481 e. The lowest BCUT2D eigenvalue weighted by Gasteiger charge is -2.39. The molecule has 2 atom stereocenters. The predicted octanol–water partition coefficient (Wildman–Crippen LogP) is 6.45. The fourth-order valence-corrected chi connectivity index (χ4v) is 6.79. The molecule has 0 amide bonds. The smallest absolute Gasteiger partial charge is 0.320 e. The molecule has 0 aromatic heterocycles. The average molecular weight is 638 g/mol. The number of carbonyl (C=O) groups is 2. The summed E-state index contributed by atoms with van der Waals surface area (Å²) in [6, 6.07) is 39.1. The SMILES string of the molecule is O=C(O)C(CCCOS(=O)(=O)c1ccc2ccccc2c1)C[C@H](NC(c1ccccc1)(c1ccccc1)c1ccccc1)C(=O)O. The Balaban J connectivity index is 1.36. The van der Waals surface area contributed by atoms with E-state index in [4.69, 9.17) is 4.18 Å². The van der Waals surface area contributed by atoms with Gasteiger partial charge in [0.2, 0.25) is 0 Å². The molecule has 1 unspecified atom stereocenters. The third-order valence-electron chi connectivity index (χ3n) is 8.12. The second-order valence-corrected chi connectivity index (χ2v) is 12.7. The van der Waals surface area contributed by atoms with Gasteiger partial charge in [0, 0.05) is 0 Å². The molecule has 9 heteroatoms. The van der Waals surface area contributed by atoms with Crippen LogP contribution in [0.2, 0.25) is 0 Å². The third kappa shape index (κ3) is 7.34. The van der Waals surface area contributed by atoms with Crippen molar-refractivity contribution in [3.05, 3.63) is 150 Å². The highest BCUT2D eigenvalue weighted by atomic mass is 32.2. The molecule has 0 spiro atoms. The minimum absolute atomic E-state index is 0.00945. The van der Waals surface area contributed by atoms with Gasteiger partial charge in [0.15, 0.2) is 0 Å². The van der Waals surface area contributed by atoms with Gasteiger partial charge in [-0.15, -0.1) is 0 Å². The zero-order valence-corrected chi connectivity index (χ0v) is 25.8. The molecule has 0 saturated heterocycles. The first kappa shape index (κ1) is 32.6. The van der Waals surface area contributed by atoms with Crippen LogP contribution >= 0.6 is 0 Å². The Morgan fingerprint density at radius 2 is 1.17 bits per heavy atom. The monoisotopic (exact) mass is 637 g/mol. The van der Waals surface area contributed by atoms with Crippen LogP contribution in [0, 0.1) is 5.92 Å². The summed E-state index contributed by atoms with van der Waals surface area (Å²) < 4.78 is 31.0. The molecule has 8 nitrogen and oxygen atoms in total. The predicted molar refractivity (Wildman–Crippen MR) is 176 cm³/mol. The van der Waals surface area contributed by atoms with Crippen LogP contribution in [0.5, 0.6) is 0 Å². The summed E-state index contributed by atoms with van der Waals surface area (Å²) in [5.41, 5.74) is 1.25. The molecule has 0 aliphatic rings. The van der Waals surface area contributed by atoms with E-state index in [9.17, 15) is 28.2 Å². The van der Waals surface area contributed by atoms with Crippen LogP contribution in [0.3, 0.4) is 0 Å². The van der Waals surface area contributed by atoms with Gasteiger partial charge < -0.3 is 10.2 Å². The average Bonchev–Trinajstić information content (AvgIpc) is 3.08. The maximum Gasteiger partial charge on any atom is 0.320 e. The van der Waals surface area contributed by atoms with Gasteiger partial charge in [-0.05, 0) is 58.9 Å². The zero-order valence-electron chi connectivity index (χ0n) is 25.0. The summed E-state index contributed by atoms with van der Waals surface area (Å²) in [6.45, 7) is -0.244. The summed E-state index contributed by atoms with van der Waals surface area (Å²) in [6.07, 6.45) is -0.128. The van der Waals surface area contributed by atoms with E-state index in [2.05, 4.69) is 5.32 Å². The van der Waals surface area contributed by atoms with Crippen molar-refractivity contribution in [2.75, 3.05) is 6.61 Å². The van der Waals surface area contributed by atoms with Crippen molar-refractivity contribution in [3.8, 4) is 0 Å². The van der Waals surface area contributed by atoms with Crippen molar-refractivity contribution in [2.45, 2.75) is 35.7 Å². The molecule has 0 bridgehead atoms. The van der Waals surface area contributed by atoms with E-state index >= 15 is 0 Å². The van der Waals surface area contributed by atoms with Crippen LogP contribution in [-0.2, 0) is 29.4 Å². The summed E-state index contributed by atoms with van der Waals surface area (Å²) in [5.74, 6) is -3.45. The molecule has 0 heterocycles. The Morgan fingerprint density at radius 3 is 1.67 bits per heavy atom. The molecule has 5 aromatic rings. The first-order valence-electron chi connectivity index (χ1n) is 15.0. The van der Waals surface area contributed by atoms with Crippen molar-refractivity contribution in [1.29, 1.82) is 0 Å². The first-order valence-corrected chi connectivity index (χ1v) is 16.4. The number of rotatable bonds is 15. The van der Waals surface area contributed by atoms with Gasteiger partial charge in [0.25, 0.3) is 10.1 Å². The van der Waals surface area contributed by atoms with Gasteiger partial charge in [0.1, 0.15) is 6.04 Å². The molecule has 0 fully saturated rings. The third-order valence-corrected chi connectivity index (χ3v) is 9.43. The van der Waals surface area contributed by atoms with Crippen LogP contribution < -0.4 is 5.32 Å². The van der Waals surface area contributed by atoms with E-state index in [0.717, 1.165) is 27.5 Å². The topological polar surface area (TPSA) is 130 Å². The minimum Gasteiger partial charge on any atom is -0.481 e. The highest BCUT2D eigenvalue weighted by Gasteiger charge is 2.41. The van der Waals surface area contributed by atoms with Crippen LogP contribution in [-0.4, -0.2) is 43.2 Å². The summed E-state index contributed by atoms with van der Waals surface area (Å²) in [5, 5.41) is 25.5. The zero-order chi connectivity index (χ0) is 32.6. The number of hydrogen-bond acceptors (Lipinski definition) is 6. The van der Waals surface area contributed by atoms with E-state index in [-0.39, 0.29) is 30.8 Å². The molecular weight excluding hydrogens is 602 g/mol. The van der Waals surface area contributed by atoms with E-state index < -0.39 is 39.6 Å². The summed E-state index contributed by atoms with van der Waals surface area (Å²) in [7, 11) is -4.08. The van der Waals surface area contributed by atoms with E-state index in [1.165, 1.54) is 12.1 Å². The fourth-order valence-electron chi connectivity index (χ4n) is 5.81. The lowest BCUT2D eigenvalue weighted by Crippen LogP contribution is -2.53. The summed E-state index contributed by atoms with van der Waals surface area (Å²) >= 11 is 0. The van der Waals surface area contributed by atoms with Gasteiger partial charge in [-0.25, -0.2) is 0 Å². The second kappa shape index (κ2) is 14.5. The number of aliphatic carboxylic acids is 2. The number of carboxylic acid groups (broad SMARTS) is 2. The Hall–Kier alpha value is -4.83. The fraction of sp³-hybridized carbons (Fsp3) is 0.189. The quantitative estimate of drug-likeness (QED) is 0.0679. The van der Waals surface area contributed by atoms with Gasteiger partial charge >= 0.3 is 11.9 Å². The summed E-state index contributed by atoms with van der Waals surface area (Å²) in [4.78, 5) is 25.2. The van der Waals surface area contributed by atoms with E-state index in [1.807, 2.05) is 109 Å². The lowest BCUT2D eigenvalue weighted by atomic mass is 9.76. The normalized spacial score (nSPS) is 13.2.